The highest BCUT2D eigenvalue weighted by atomic mass is 16.6. The van der Waals surface area contributed by atoms with Gasteiger partial charge in [-0.1, -0.05) is 0 Å². The molecule has 4 heterocycles. The van der Waals surface area contributed by atoms with Crippen LogP contribution in [0.3, 0.4) is 0 Å². The van der Waals surface area contributed by atoms with Crippen LogP contribution >= 0.6 is 0 Å². The quantitative estimate of drug-likeness (QED) is 0.591. The highest BCUT2D eigenvalue weighted by molar-refractivity contribution is 6.00. The van der Waals surface area contributed by atoms with Crippen molar-refractivity contribution in [1.82, 2.24) is 14.5 Å². The Morgan fingerprint density at radius 2 is 2.30 bits per heavy atom. The van der Waals surface area contributed by atoms with Crippen LogP contribution in [0.2, 0.25) is 0 Å². The van der Waals surface area contributed by atoms with Gasteiger partial charge in [0.15, 0.2) is 6.23 Å². The summed E-state index contributed by atoms with van der Waals surface area (Å²) in [6, 6.07) is 0. The van der Waals surface area contributed by atoms with Crippen molar-refractivity contribution in [2.24, 2.45) is 4.99 Å². The van der Waals surface area contributed by atoms with Gasteiger partial charge in [-0.05, 0) is 6.92 Å². The van der Waals surface area contributed by atoms with Crippen LogP contribution in [0.4, 0.5) is 11.5 Å². The molecule has 1 fully saturated rings. The molecule has 0 unspecified atom stereocenters. The summed E-state index contributed by atoms with van der Waals surface area (Å²) in [4.78, 5) is 12.9. The number of hydrogen-bond donors (Lipinski definition) is 4. The molecule has 0 radical (unpaired) electrons. The number of aliphatic hydroxyl groups is 3. The summed E-state index contributed by atoms with van der Waals surface area (Å²) in [6.45, 7) is 1.64. The van der Waals surface area contributed by atoms with Crippen molar-refractivity contribution >= 4 is 28.8 Å². The van der Waals surface area contributed by atoms with Gasteiger partial charge in [-0.3, -0.25) is 4.99 Å². The van der Waals surface area contributed by atoms with Gasteiger partial charge in [0.05, 0.1) is 24.2 Å². The number of aromatic nitrogens is 3. The normalized spacial score (nSPS) is 33.0. The fraction of sp³-hybridized carbons (Fsp3) is 0.500. The van der Waals surface area contributed by atoms with Crippen molar-refractivity contribution < 1.29 is 20.1 Å². The molecule has 2 aromatic heterocycles. The number of nitrogens with one attached hydrogen (secondary N) is 1. The van der Waals surface area contributed by atoms with Gasteiger partial charge in [-0.15, -0.1) is 0 Å². The first-order valence-electron chi connectivity index (χ1n) is 7.32. The maximum absolute atomic E-state index is 10.7. The molecule has 0 spiro atoms. The molecule has 2 aliphatic rings. The molecule has 4 atom stereocenters. The Kier molecular flexibility index (Phi) is 3.13. The number of aliphatic hydroxyl groups excluding tert-OH is 2. The lowest BCUT2D eigenvalue weighted by molar-refractivity contribution is -0.0947. The third-order valence-corrected chi connectivity index (χ3v) is 4.37. The van der Waals surface area contributed by atoms with Crippen molar-refractivity contribution in [2.75, 3.05) is 18.5 Å². The lowest BCUT2D eigenvalue weighted by Gasteiger charge is -2.27. The zero-order chi connectivity index (χ0) is 16.2. The summed E-state index contributed by atoms with van der Waals surface area (Å²) in [5, 5.41) is 34.0. The summed E-state index contributed by atoms with van der Waals surface area (Å²) in [5.41, 5.74) is -0.391. The Labute approximate surface area is 131 Å². The van der Waals surface area contributed by atoms with Crippen LogP contribution in [0.25, 0.3) is 11.0 Å². The van der Waals surface area contributed by atoms with E-state index in [0.29, 0.717) is 23.7 Å². The topological polar surface area (TPSA) is 125 Å². The van der Waals surface area contributed by atoms with Crippen LogP contribution in [0, 0.1) is 0 Å². The molecule has 2 aliphatic heterocycles. The molecular weight excluding hydrogens is 302 g/mol. The van der Waals surface area contributed by atoms with E-state index in [1.807, 2.05) is 0 Å². The standard InChI is InChI=1S/C14H17N5O4/c1-14(22)10(21)8(5-20)23-13(14)19-4-7-9-11(16-3-2-15-7)17-6-18-12(9)19/h2,4,6,8,10,13,20-22H,3,5H2,1H3,(H,16,17,18)/t8-,10-,13-,14-/m1/s1. The maximum atomic E-state index is 10.7. The number of rotatable bonds is 2. The Balaban J connectivity index is 1.90. The smallest absolute Gasteiger partial charge is 0.167 e. The molecule has 122 valence electrons. The van der Waals surface area contributed by atoms with E-state index in [2.05, 4.69) is 20.3 Å². The summed E-state index contributed by atoms with van der Waals surface area (Å²) in [7, 11) is 0. The van der Waals surface area contributed by atoms with Crippen LogP contribution in [0.5, 0.6) is 0 Å². The van der Waals surface area contributed by atoms with E-state index in [9.17, 15) is 15.3 Å². The fourth-order valence-electron chi connectivity index (χ4n) is 3.15. The van der Waals surface area contributed by atoms with Gasteiger partial charge >= 0.3 is 0 Å². The minimum atomic E-state index is -1.58. The van der Waals surface area contributed by atoms with Crippen molar-refractivity contribution in [2.45, 2.75) is 31.0 Å². The molecule has 0 aliphatic carbocycles. The fourth-order valence-corrected chi connectivity index (χ4v) is 3.15. The van der Waals surface area contributed by atoms with E-state index in [1.54, 1.807) is 17.0 Å². The summed E-state index contributed by atoms with van der Waals surface area (Å²) >= 11 is 0. The molecule has 0 bridgehead atoms. The number of anilines is 1. The number of aliphatic imine (C=N–C) groups is 1. The van der Waals surface area contributed by atoms with Crippen LogP contribution < -0.4 is 5.32 Å². The Morgan fingerprint density at radius 1 is 1.48 bits per heavy atom. The molecule has 1 saturated heterocycles. The van der Waals surface area contributed by atoms with E-state index >= 15 is 0 Å². The largest absolute Gasteiger partial charge is 0.394 e. The van der Waals surface area contributed by atoms with Gasteiger partial charge in [0.1, 0.15) is 35.6 Å². The van der Waals surface area contributed by atoms with Crippen LogP contribution in [0.1, 0.15) is 13.2 Å². The second-order valence-electron chi connectivity index (χ2n) is 5.92. The van der Waals surface area contributed by atoms with E-state index in [-0.39, 0.29) is 6.61 Å². The molecule has 4 N–H and O–H groups in total. The van der Waals surface area contributed by atoms with Gasteiger partial charge < -0.3 is 29.9 Å². The van der Waals surface area contributed by atoms with Crippen LogP contribution in [0.15, 0.2) is 17.5 Å². The van der Waals surface area contributed by atoms with Gasteiger partial charge in [0.2, 0.25) is 0 Å². The first-order chi connectivity index (χ1) is 11.0. The summed E-state index contributed by atoms with van der Waals surface area (Å²) < 4.78 is 7.29. The maximum Gasteiger partial charge on any atom is 0.167 e. The van der Waals surface area contributed by atoms with Crippen molar-refractivity contribution in [3.8, 4) is 0 Å². The average molecular weight is 319 g/mol. The zero-order valence-electron chi connectivity index (χ0n) is 12.4. The second kappa shape index (κ2) is 4.96. The first-order valence-corrected chi connectivity index (χ1v) is 7.32. The minimum absolute atomic E-state index is 0.389. The molecule has 0 amide bonds. The Bertz CT molecular complexity index is 787. The third kappa shape index (κ3) is 1.98. The van der Waals surface area contributed by atoms with Crippen LogP contribution in [-0.2, 0) is 4.74 Å². The van der Waals surface area contributed by atoms with Gasteiger partial charge in [0, 0.05) is 12.4 Å². The molecule has 0 aromatic carbocycles. The summed E-state index contributed by atoms with van der Waals surface area (Å²) in [6.07, 6.45) is 1.86. The second-order valence-corrected chi connectivity index (χ2v) is 5.92. The third-order valence-electron chi connectivity index (χ3n) is 4.37. The van der Waals surface area contributed by atoms with Gasteiger partial charge in [-0.25, -0.2) is 9.97 Å². The first kappa shape index (κ1) is 14.5. The van der Waals surface area contributed by atoms with Gasteiger partial charge in [-0.2, -0.15) is 0 Å². The van der Waals surface area contributed by atoms with Gasteiger partial charge in [0.25, 0.3) is 0 Å². The minimum Gasteiger partial charge on any atom is -0.394 e. The number of nitrogens with zero attached hydrogens (tertiary/aromatic N) is 4. The Hall–Kier alpha value is -2.07. The predicted molar refractivity (Wildman–Crippen MR) is 81.8 cm³/mol. The van der Waals surface area contributed by atoms with Crippen molar-refractivity contribution in [1.29, 1.82) is 0 Å². The van der Waals surface area contributed by atoms with E-state index in [4.69, 9.17) is 4.74 Å². The lowest BCUT2D eigenvalue weighted by atomic mass is 9.96. The van der Waals surface area contributed by atoms with E-state index in [0.717, 1.165) is 5.39 Å². The number of hydrogen-bond acceptors (Lipinski definition) is 8. The number of ether oxygens (including phenoxy) is 1. The molecule has 23 heavy (non-hydrogen) atoms. The van der Waals surface area contributed by atoms with E-state index < -0.39 is 24.0 Å². The summed E-state index contributed by atoms with van der Waals surface area (Å²) in [5.74, 6) is 0.651. The molecule has 4 rings (SSSR count). The lowest BCUT2D eigenvalue weighted by Crippen LogP contribution is -2.44. The molecule has 9 nitrogen and oxygen atoms in total. The SMILES string of the molecule is C[C@@]1(O)[C@H](O)[C@@H](CO)O[C@H]1n1cc2c3c(ncnc31)NCC=N2. The van der Waals surface area contributed by atoms with Crippen molar-refractivity contribution in [3.05, 3.63) is 12.5 Å². The Morgan fingerprint density at radius 3 is 3.04 bits per heavy atom. The molecule has 0 saturated carbocycles. The van der Waals surface area contributed by atoms with Crippen molar-refractivity contribution in [3.63, 3.8) is 0 Å². The molecular formula is C14H17N5O4. The highest BCUT2D eigenvalue weighted by Crippen LogP contribution is 2.42. The molecule has 9 heteroatoms. The highest BCUT2D eigenvalue weighted by Gasteiger charge is 2.53. The zero-order valence-corrected chi connectivity index (χ0v) is 12.4. The average Bonchev–Trinajstić information content (AvgIpc) is 2.90. The molecule has 2 aromatic rings. The van der Waals surface area contributed by atoms with Crippen LogP contribution in [-0.4, -0.2) is 67.0 Å². The van der Waals surface area contributed by atoms with E-state index in [1.165, 1.54) is 13.3 Å². The predicted octanol–water partition coefficient (Wildman–Crippen LogP) is -0.439. The monoisotopic (exact) mass is 319 g/mol.